The second-order valence-electron chi connectivity index (χ2n) is 8.84. The second-order valence-corrected chi connectivity index (χ2v) is 11.1. The lowest BCUT2D eigenvalue weighted by atomic mass is 9.97. The largest absolute Gasteiger partial charge is 0.289 e. The average Bonchev–Trinajstić information content (AvgIpc) is 3.31. The summed E-state index contributed by atoms with van der Waals surface area (Å²) < 4.78 is 27.1. The Labute approximate surface area is 199 Å². The van der Waals surface area contributed by atoms with Crippen molar-refractivity contribution in [1.29, 1.82) is 0 Å². The van der Waals surface area contributed by atoms with Gasteiger partial charge in [0.25, 0.3) is 5.91 Å². The zero-order chi connectivity index (χ0) is 23.8. The summed E-state index contributed by atoms with van der Waals surface area (Å²) >= 11 is 0. The molecule has 0 saturated carbocycles. The van der Waals surface area contributed by atoms with Crippen molar-refractivity contribution in [3.8, 4) is 11.1 Å². The Hall–Kier alpha value is -3.26. The van der Waals surface area contributed by atoms with Crippen LogP contribution in [0.3, 0.4) is 0 Å². The van der Waals surface area contributed by atoms with E-state index in [4.69, 9.17) is 0 Å². The van der Waals surface area contributed by atoms with Crippen LogP contribution >= 0.6 is 0 Å². The molecule has 0 bridgehead atoms. The Morgan fingerprint density at radius 1 is 0.824 bits per heavy atom. The molecule has 1 aliphatic carbocycles. The topological polar surface area (TPSA) is 86.7 Å². The van der Waals surface area contributed by atoms with Crippen LogP contribution in [-0.4, -0.2) is 41.7 Å². The molecule has 34 heavy (non-hydrogen) atoms. The van der Waals surface area contributed by atoms with Crippen molar-refractivity contribution >= 4 is 21.5 Å². The Morgan fingerprint density at radius 3 is 1.94 bits per heavy atom. The van der Waals surface area contributed by atoms with Gasteiger partial charge in [0.2, 0.25) is 10.0 Å². The fraction of sp³-hybridized carbons (Fsp3) is 0.222. The number of nitrogens with one attached hydrogen (secondary N) is 1. The van der Waals surface area contributed by atoms with Crippen LogP contribution < -0.4 is 5.48 Å². The highest BCUT2D eigenvalue weighted by atomic mass is 32.2. The molecule has 0 aromatic heterocycles. The van der Waals surface area contributed by atoms with Gasteiger partial charge in [-0.3, -0.25) is 10.0 Å². The average molecular weight is 475 g/mol. The number of fused-ring (bicyclic) bond motifs is 1. The van der Waals surface area contributed by atoms with Crippen molar-refractivity contribution in [2.24, 2.45) is 0 Å². The second kappa shape index (κ2) is 8.83. The van der Waals surface area contributed by atoms with Crippen LogP contribution in [0.15, 0.2) is 84.9 Å². The predicted octanol–water partition coefficient (Wildman–Crippen LogP) is 3.82. The first-order chi connectivity index (χ1) is 16.4. The van der Waals surface area contributed by atoms with E-state index in [0.717, 1.165) is 33.4 Å². The summed E-state index contributed by atoms with van der Waals surface area (Å²) in [6.07, 6.45) is 2.57. The molecule has 1 amide bonds. The van der Waals surface area contributed by atoms with Gasteiger partial charge in [-0.2, -0.15) is 4.31 Å². The van der Waals surface area contributed by atoms with E-state index in [2.05, 4.69) is 36.4 Å². The molecule has 2 N–H and O–H groups in total. The van der Waals surface area contributed by atoms with Gasteiger partial charge in [0.1, 0.15) is 0 Å². The molecule has 0 fully saturated rings. The standard InChI is InChI=1S/C27H26N2O4S/c30-26(28-31)27(18-24-8-4-5-9-25(24)19-27)34(32,33)29-16-14-23(15-17-29)22-12-10-21(11-13-22)20-6-2-1-3-7-20/h1-14,31H,15-19H2,(H,28,30). The maximum absolute atomic E-state index is 13.7. The van der Waals surface area contributed by atoms with Gasteiger partial charge in [-0.1, -0.05) is 84.9 Å². The molecule has 6 nitrogen and oxygen atoms in total. The van der Waals surface area contributed by atoms with E-state index in [1.165, 1.54) is 4.31 Å². The molecule has 5 rings (SSSR count). The normalized spacial score (nSPS) is 17.6. The van der Waals surface area contributed by atoms with Crippen LogP contribution in [0.1, 0.15) is 23.1 Å². The molecule has 1 heterocycles. The summed E-state index contributed by atoms with van der Waals surface area (Å²) in [6, 6.07) is 25.7. The van der Waals surface area contributed by atoms with Gasteiger partial charge in [0, 0.05) is 25.9 Å². The monoisotopic (exact) mass is 474 g/mol. The molecule has 174 valence electrons. The minimum atomic E-state index is -4.03. The van der Waals surface area contributed by atoms with Crippen molar-refractivity contribution in [3.63, 3.8) is 0 Å². The quantitative estimate of drug-likeness (QED) is 0.435. The van der Waals surface area contributed by atoms with Crippen LogP contribution in [-0.2, 0) is 27.7 Å². The number of sulfonamides is 1. The Balaban J connectivity index is 1.38. The lowest BCUT2D eigenvalue weighted by Gasteiger charge is -2.34. The minimum absolute atomic E-state index is 0.0475. The van der Waals surface area contributed by atoms with Gasteiger partial charge in [-0.25, -0.2) is 13.9 Å². The third-order valence-electron chi connectivity index (χ3n) is 6.95. The van der Waals surface area contributed by atoms with Crippen molar-refractivity contribution in [3.05, 3.63) is 102 Å². The van der Waals surface area contributed by atoms with E-state index >= 15 is 0 Å². The molecular formula is C27H26N2O4S. The van der Waals surface area contributed by atoms with Crippen molar-refractivity contribution in [1.82, 2.24) is 9.79 Å². The number of carbonyl (C=O) groups excluding carboxylic acids is 1. The summed E-state index contributed by atoms with van der Waals surface area (Å²) in [5.74, 6) is -0.880. The van der Waals surface area contributed by atoms with Crippen molar-refractivity contribution < 1.29 is 18.4 Å². The smallest absolute Gasteiger partial charge is 0.266 e. The van der Waals surface area contributed by atoms with E-state index in [1.807, 2.05) is 48.5 Å². The van der Waals surface area contributed by atoms with Crippen molar-refractivity contribution in [2.45, 2.75) is 24.0 Å². The van der Waals surface area contributed by atoms with E-state index in [-0.39, 0.29) is 25.9 Å². The van der Waals surface area contributed by atoms with Crippen LogP contribution in [0.2, 0.25) is 0 Å². The van der Waals surface area contributed by atoms with Gasteiger partial charge >= 0.3 is 0 Å². The summed E-state index contributed by atoms with van der Waals surface area (Å²) in [5.41, 5.74) is 7.68. The van der Waals surface area contributed by atoms with Crippen LogP contribution in [0.4, 0.5) is 0 Å². The molecule has 3 aromatic rings. The molecule has 0 atom stereocenters. The highest BCUT2D eigenvalue weighted by Crippen LogP contribution is 2.39. The van der Waals surface area contributed by atoms with E-state index in [9.17, 15) is 18.4 Å². The number of rotatable bonds is 5. The SMILES string of the molecule is O=C(NO)C1(S(=O)(=O)N2CC=C(c3ccc(-c4ccccc4)cc3)CC2)Cc2ccccc2C1. The number of hydrogen-bond donors (Lipinski definition) is 2. The zero-order valence-electron chi connectivity index (χ0n) is 18.6. The summed E-state index contributed by atoms with van der Waals surface area (Å²) in [6.45, 7) is 0.473. The highest BCUT2D eigenvalue weighted by molar-refractivity contribution is 7.91. The van der Waals surface area contributed by atoms with Gasteiger partial charge in [0.05, 0.1) is 0 Å². The van der Waals surface area contributed by atoms with Crippen LogP contribution in [0, 0.1) is 0 Å². The summed E-state index contributed by atoms with van der Waals surface area (Å²) in [5, 5.41) is 9.40. The summed E-state index contributed by atoms with van der Waals surface area (Å²) in [4.78, 5) is 12.7. The molecule has 3 aromatic carbocycles. The first-order valence-electron chi connectivity index (χ1n) is 11.3. The van der Waals surface area contributed by atoms with E-state index in [0.29, 0.717) is 6.42 Å². The van der Waals surface area contributed by atoms with E-state index < -0.39 is 20.7 Å². The summed E-state index contributed by atoms with van der Waals surface area (Å²) in [7, 11) is -4.03. The minimum Gasteiger partial charge on any atom is -0.289 e. The highest BCUT2D eigenvalue weighted by Gasteiger charge is 2.56. The van der Waals surface area contributed by atoms with Crippen LogP contribution in [0.5, 0.6) is 0 Å². The molecule has 7 heteroatoms. The molecule has 0 spiro atoms. The number of hydrogen-bond acceptors (Lipinski definition) is 4. The third kappa shape index (κ3) is 3.76. The lowest BCUT2D eigenvalue weighted by Crippen LogP contribution is -2.58. The molecule has 2 aliphatic rings. The van der Waals surface area contributed by atoms with Crippen LogP contribution in [0.25, 0.3) is 16.7 Å². The molecule has 0 unspecified atom stereocenters. The lowest BCUT2D eigenvalue weighted by molar-refractivity contribution is -0.131. The molecule has 0 radical (unpaired) electrons. The molecule has 0 saturated heterocycles. The first kappa shape index (κ1) is 22.5. The fourth-order valence-corrected chi connectivity index (χ4v) is 7.08. The predicted molar refractivity (Wildman–Crippen MR) is 131 cm³/mol. The Bertz CT molecular complexity index is 1320. The Morgan fingerprint density at radius 2 is 1.38 bits per heavy atom. The first-order valence-corrected chi connectivity index (χ1v) is 12.7. The number of carbonyl (C=O) groups is 1. The van der Waals surface area contributed by atoms with Gasteiger partial charge < -0.3 is 0 Å². The van der Waals surface area contributed by atoms with Gasteiger partial charge in [-0.15, -0.1) is 0 Å². The number of benzene rings is 3. The molecule has 1 aliphatic heterocycles. The van der Waals surface area contributed by atoms with Gasteiger partial charge in [-0.05, 0) is 39.8 Å². The molecular weight excluding hydrogens is 448 g/mol. The number of amides is 1. The maximum Gasteiger partial charge on any atom is 0.266 e. The zero-order valence-corrected chi connectivity index (χ0v) is 19.5. The fourth-order valence-electron chi connectivity index (χ4n) is 5.03. The van der Waals surface area contributed by atoms with E-state index in [1.54, 1.807) is 5.48 Å². The Kier molecular flexibility index (Phi) is 5.85. The maximum atomic E-state index is 13.7. The number of hydroxylamine groups is 1. The van der Waals surface area contributed by atoms with Gasteiger partial charge in [0.15, 0.2) is 4.75 Å². The number of nitrogens with zero attached hydrogens (tertiary/aromatic N) is 1. The third-order valence-corrected chi connectivity index (χ3v) is 9.43. The van der Waals surface area contributed by atoms with Crippen molar-refractivity contribution in [2.75, 3.05) is 13.1 Å².